The molecule has 0 unspecified atom stereocenters. The topological polar surface area (TPSA) is 94.0 Å². The number of anilines is 1. The Morgan fingerprint density at radius 2 is 2.12 bits per heavy atom. The summed E-state index contributed by atoms with van der Waals surface area (Å²) in [5.41, 5.74) is 1.73. The minimum atomic E-state index is -0.183. The van der Waals surface area contributed by atoms with Crippen LogP contribution >= 0.6 is 0 Å². The fourth-order valence-electron chi connectivity index (χ4n) is 3.10. The number of ether oxygens (including phenoxy) is 2. The van der Waals surface area contributed by atoms with E-state index in [0.717, 1.165) is 42.7 Å². The minimum Gasteiger partial charge on any atom is -0.498 e. The van der Waals surface area contributed by atoms with E-state index in [0.29, 0.717) is 18.3 Å². The summed E-state index contributed by atoms with van der Waals surface area (Å²) in [5.74, 6) is 1.17. The van der Waals surface area contributed by atoms with Gasteiger partial charge < -0.3 is 24.3 Å². The van der Waals surface area contributed by atoms with E-state index in [4.69, 9.17) is 13.9 Å². The largest absolute Gasteiger partial charge is 0.498 e. The Kier molecular flexibility index (Phi) is 3.89. The number of rotatable bonds is 4. The predicted octanol–water partition coefficient (Wildman–Crippen LogP) is 2.29. The molecule has 8 nitrogen and oxygen atoms in total. The maximum absolute atomic E-state index is 9.58. The number of imidazole rings is 1. The first kappa shape index (κ1) is 15.1. The molecule has 2 N–H and O–H groups in total. The highest BCUT2D eigenvalue weighted by Gasteiger charge is 2.22. The van der Waals surface area contributed by atoms with Crippen LogP contribution in [0.4, 0.5) is 6.01 Å². The maximum atomic E-state index is 9.58. The van der Waals surface area contributed by atoms with Gasteiger partial charge in [-0.1, -0.05) is 0 Å². The summed E-state index contributed by atoms with van der Waals surface area (Å²) in [7, 11) is 1.61. The summed E-state index contributed by atoms with van der Waals surface area (Å²) in [4.78, 5) is 4.27. The summed E-state index contributed by atoms with van der Waals surface area (Å²) in [6.07, 6.45) is 8.79. The SMILES string of the molecule is COC1=COC=C(c2cnc3oc(NC4CCC(O)CC4)nn23)C1. The van der Waals surface area contributed by atoms with Crippen molar-refractivity contribution in [3.05, 3.63) is 30.2 Å². The Morgan fingerprint density at radius 3 is 2.92 bits per heavy atom. The summed E-state index contributed by atoms with van der Waals surface area (Å²) in [5, 5.41) is 17.3. The van der Waals surface area contributed by atoms with Crippen LogP contribution in [0.15, 0.2) is 28.9 Å². The second-order valence-electron chi connectivity index (χ2n) is 6.14. The molecule has 0 aromatic carbocycles. The lowest BCUT2D eigenvalue weighted by atomic mass is 9.93. The molecule has 1 aliphatic carbocycles. The quantitative estimate of drug-likeness (QED) is 0.887. The lowest BCUT2D eigenvalue weighted by Crippen LogP contribution is -2.28. The van der Waals surface area contributed by atoms with E-state index in [1.807, 2.05) is 0 Å². The van der Waals surface area contributed by atoms with Crippen LogP contribution in [-0.2, 0) is 9.47 Å². The molecule has 2 aromatic rings. The van der Waals surface area contributed by atoms with Gasteiger partial charge in [0, 0.05) is 18.0 Å². The third kappa shape index (κ3) is 2.84. The van der Waals surface area contributed by atoms with Crippen LogP contribution in [0, 0.1) is 0 Å². The normalized spacial score (nSPS) is 24.2. The fourth-order valence-corrected chi connectivity index (χ4v) is 3.10. The molecule has 0 atom stereocenters. The average Bonchev–Trinajstić information content (AvgIpc) is 3.17. The third-order valence-electron chi connectivity index (χ3n) is 4.48. The molecule has 1 fully saturated rings. The highest BCUT2D eigenvalue weighted by atomic mass is 16.5. The predicted molar refractivity (Wildman–Crippen MR) is 85.9 cm³/mol. The number of methoxy groups -OCH3 is 1. The molecule has 2 aliphatic rings. The molecule has 1 saturated carbocycles. The van der Waals surface area contributed by atoms with E-state index < -0.39 is 0 Å². The van der Waals surface area contributed by atoms with Crippen LogP contribution in [0.5, 0.6) is 0 Å². The Labute approximate surface area is 138 Å². The Balaban J connectivity index is 1.52. The van der Waals surface area contributed by atoms with Crippen molar-refractivity contribution in [3.8, 4) is 0 Å². The zero-order chi connectivity index (χ0) is 16.5. The van der Waals surface area contributed by atoms with E-state index in [-0.39, 0.29) is 12.1 Å². The van der Waals surface area contributed by atoms with Gasteiger partial charge in [0.1, 0.15) is 12.0 Å². The zero-order valence-electron chi connectivity index (χ0n) is 13.4. The summed E-state index contributed by atoms with van der Waals surface area (Å²) >= 11 is 0. The van der Waals surface area contributed by atoms with Crippen LogP contribution in [0.3, 0.4) is 0 Å². The van der Waals surface area contributed by atoms with Gasteiger partial charge in [-0.05, 0) is 25.7 Å². The molecule has 3 heterocycles. The van der Waals surface area contributed by atoms with Crippen molar-refractivity contribution in [3.63, 3.8) is 0 Å². The smallest absolute Gasteiger partial charge is 0.326 e. The van der Waals surface area contributed by atoms with Gasteiger partial charge in [0.15, 0.2) is 0 Å². The van der Waals surface area contributed by atoms with Gasteiger partial charge in [-0.2, -0.15) is 4.52 Å². The Bertz CT molecular complexity index is 783. The molecule has 0 bridgehead atoms. The molecule has 0 spiro atoms. The number of nitrogens with one attached hydrogen (secondary N) is 1. The van der Waals surface area contributed by atoms with Crippen molar-refractivity contribution in [2.75, 3.05) is 12.4 Å². The van der Waals surface area contributed by atoms with Crippen LogP contribution in [0.25, 0.3) is 11.4 Å². The molecule has 24 heavy (non-hydrogen) atoms. The summed E-state index contributed by atoms with van der Waals surface area (Å²) in [6, 6.07) is 0.709. The van der Waals surface area contributed by atoms with E-state index in [1.165, 1.54) is 0 Å². The van der Waals surface area contributed by atoms with E-state index >= 15 is 0 Å². The molecule has 2 aromatic heterocycles. The lowest BCUT2D eigenvalue weighted by molar-refractivity contribution is 0.125. The third-order valence-corrected chi connectivity index (χ3v) is 4.48. The highest BCUT2D eigenvalue weighted by molar-refractivity contribution is 5.66. The molecular formula is C16H20N4O4. The van der Waals surface area contributed by atoms with Gasteiger partial charge in [-0.15, -0.1) is 5.10 Å². The van der Waals surface area contributed by atoms with Crippen molar-refractivity contribution in [1.29, 1.82) is 0 Å². The van der Waals surface area contributed by atoms with Gasteiger partial charge in [0.2, 0.25) is 0 Å². The number of hydrogen-bond acceptors (Lipinski definition) is 7. The first-order chi connectivity index (χ1) is 11.7. The molecule has 0 saturated heterocycles. The van der Waals surface area contributed by atoms with Crippen molar-refractivity contribution >= 4 is 17.4 Å². The van der Waals surface area contributed by atoms with Crippen molar-refractivity contribution in [2.45, 2.75) is 44.2 Å². The lowest BCUT2D eigenvalue weighted by Gasteiger charge is -2.25. The second kappa shape index (κ2) is 6.20. The molecule has 8 heteroatoms. The molecule has 1 aliphatic heterocycles. The van der Waals surface area contributed by atoms with E-state index in [2.05, 4.69) is 15.4 Å². The number of aliphatic hydroxyl groups excluding tert-OH is 1. The molecule has 0 radical (unpaired) electrons. The second-order valence-corrected chi connectivity index (χ2v) is 6.14. The standard InChI is InChI=1S/C16H20N4O4/c1-22-13-6-10(8-23-9-13)14-7-17-16-20(14)19-15(24-16)18-11-2-4-12(21)5-3-11/h7-9,11-12,21H,2-6H2,1H3,(H,18,19). The molecule has 128 valence electrons. The highest BCUT2D eigenvalue weighted by Crippen LogP contribution is 2.28. The zero-order valence-corrected chi connectivity index (χ0v) is 13.4. The summed E-state index contributed by atoms with van der Waals surface area (Å²) < 4.78 is 17.9. The van der Waals surface area contributed by atoms with Gasteiger partial charge >= 0.3 is 11.9 Å². The average molecular weight is 332 g/mol. The number of aliphatic hydroxyl groups is 1. The Morgan fingerprint density at radius 1 is 1.29 bits per heavy atom. The van der Waals surface area contributed by atoms with Crippen LogP contribution < -0.4 is 5.32 Å². The van der Waals surface area contributed by atoms with Gasteiger partial charge in [0.25, 0.3) is 0 Å². The molecule has 0 amide bonds. The van der Waals surface area contributed by atoms with Crippen LogP contribution in [0.2, 0.25) is 0 Å². The molecular weight excluding hydrogens is 312 g/mol. The minimum absolute atomic E-state index is 0.183. The van der Waals surface area contributed by atoms with E-state index in [1.54, 1.807) is 30.3 Å². The number of aromatic nitrogens is 3. The Hall–Kier alpha value is -2.48. The summed E-state index contributed by atoms with van der Waals surface area (Å²) in [6.45, 7) is 0. The fraction of sp³-hybridized carbons (Fsp3) is 0.500. The first-order valence-electron chi connectivity index (χ1n) is 8.10. The van der Waals surface area contributed by atoms with Crippen molar-refractivity contribution in [1.82, 2.24) is 14.6 Å². The number of nitrogens with zero attached hydrogens (tertiary/aromatic N) is 3. The monoisotopic (exact) mass is 332 g/mol. The number of fused-ring (bicyclic) bond motifs is 1. The first-order valence-corrected chi connectivity index (χ1v) is 8.10. The van der Waals surface area contributed by atoms with E-state index in [9.17, 15) is 5.11 Å². The molecule has 4 rings (SSSR count). The van der Waals surface area contributed by atoms with Gasteiger partial charge in [0.05, 0.1) is 31.4 Å². The number of allylic oxidation sites excluding steroid dienone is 1. The van der Waals surface area contributed by atoms with Crippen molar-refractivity contribution in [2.24, 2.45) is 0 Å². The van der Waals surface area contributed by atoms with Crippen LogP contribution in [-0.4, -0.2) is 39.0 Å². The maximum Gasteiger partial charge on any atom is 0.326 e. The van der Waals surface area contributed by atoms with Gasteiger partial charge in [-0.25, -0.2) is 4.98 Å². The van der Waals surface area contributed by atoms with Crippen LogP contribution in [0.1, 0.15) is 37.8 Å². The van der Waals surface area contributed by atoms with Gasteiger partial charge in [-0.3, -0.25) is 0 Å². The number of hydrogen-bond donors (Lipinski definition) is 2. The van der Waals surface area contributed by atoms with Crippen molar-refractivity contribution < 1.29 is 19.0 Å².